The van der Waals surface area contributed by atoms with Gasteiger partial charge in [-0.25, -0.2) is 13.6 Å². The topological polar surface area (TPSA) is 78.5 Å². The quantitative estimate of drug-likeness (QED) is 0.730. The number of imide groups is 1. The fourth-order valence-corrected chi connectivity index (χ4v) is 3.43. The normalized spacial score (nSPS) is 19.0. The number of benzene rings is 2. The minimum atomic E-state index is -1.49. The Bertz CT molecular complexity index is 1000. The largest absolute Gasteiger partial charge is 0.325 e. The maximum atomic E-state index is 13.2. The van der Waals surface area contributed by atoms with Crippen LogP contribution < -0.4 is 10.6 Å². The molecule has 0 saturated carbocycles. The fourth-order valence-electron chi connectivity index (χ4n) is 2.84. The zero-order valence-electron chi connectivity index (χ0n) is 14.4. The van der Waals surface area contributed by atoms with E-state index in [1.165, 1.54) is 25.1 Å². The first-order valence-electron chi connectivity index (χ1n) is 7.96. The molecule has 1 heterocycles. The minimum absolute atomic E-state index is 0.0144. The van der Waals surface area contributed by atoms with Crippen LogP contribution in [0.3, 0.4) is 0 Å². The lowest BCUT2D eigenvalue weighted by Gasteiger charge is -2.23. The van der Waals surface area contributed by atoms with Crippen LogP contribution in [0.15, 0.2) is 36.4 Å². The lowest BCUT2D eigenvalue weighted by molar-refractivity contribution is -0.133. The highest BCUT2D eigenvalue weighted by Crippen LogP contribution is 2.34. The molecule has 1 fully saturated rings. The van der Waals surface area contributed by atoms with Crippen molar-refractivity contribution in [3.05, 3.63) is 63.6 Å². The van der Waals surface area contributed by atoms with E-state index in [1.807, 2.05) is 0 Å². The molecular weight excluding hydrogens is 415 g/mol. The van der Waals surface area contributed by atoms with Gasteiger partial charge >= 0.3 is 6.03 Å². The number of hydrogen-bond donors (Lipinski definition) is 2. The second kappa shape index (κ2) is 7.37. The molecule has 2 aromatic rings. The van der Waals surface area contributed by atoms with Gasteiger partial charge in [0.1, 0.15) is 12.1 Å². The minimum Gasteiger partial charge on any atom is -0.324 e. The van der Waals surface area contributed by atoms with E-state index in [2.05, 4.69) is 10.6 Å². The summed E-state index contributed by atoms with van der Waals surface area (Å²) in [5.74, 6) is -3.66. The van der Waals surface area contributed by atoms with E-state index < -0.39 is 41.6 Å². The third-order valence-corrected chi connectivity index (χ3v) is 4.80. The van der Waals surface area contributed by atoms with Crippen molar-refractivity contribution >= 4 is 46.7 Å². The SMILES string of the molecule is C[C@]1(c2ccc(Cl)cc2Cl)NC(=O)N(CC(=O)Nc2ccc(F)c(F)c2)C1=O. The molecule has 2 N–H and O–H groups in total. The predicted molar refractivity (Wildman–Crippen MR) is 99.0 cm³/mol. The van der Waals surface area contributed by atoms with Crippen LogP contribution in [-0.2, 0) is 15.1 Å². The molecule has 3 rings (SSSR count). The predicted octanol–water partition coefficient (Wildman–Crippen LogP) is 3.68. The fraction of sp³-hybridized carbons (Fsp3) is 0.167. The van der Waals surface area contributed by atoms with Gasteiger partial charge in [-0.2, -0.15) is 0 Å². The summed E-state index contributed by atoms with van der Waals surface area (Å²) in [5.41, 5.74) is -1.18. The number of rotatable bonds is 4. The first-order valence-corrected chi connectivity index (χ1v) is 8.72. The molecule has 0 radical (unpaired) electrons. The van der Waals surface area contributed by atoms with Gasteiger partial charge in [-0.15, -0.1) is 0 Å². The summed E-state index contributed by atoms with van der Waals surface area (Å²) >= 11 is 12.0. The summed E-state index contributed by atoms with van der Waals surface area (Å²) in [6.45, 7) is 0.833. The summed E-state index contributed by atoms with van der Waals surface area (Å²) in [4.78, 5) is 38.0. The summed E-state index contributed by atoms with van der Waals surface area (Å²) < 4.78 is 26.2. The molecular formula is C18H13Cl2F2N3O3. The van der Waals surface area contributed by atoms with Crippen LogP contribution in [0.4, 0.5) is 19.3 Å². The Morgan fingerprint density at radius 3 is 2.50 bits per heavy atom. The number of anilines is 1. The number of amides is 4. The smallest absolute Gasteiger partial charge is 0.324 e. The van der Waals surface area contributed by atoms with E-state index in [-0.39, 0.29) is 10.7 Å². The van der Waals surface area contributed by atoms with Gasteiger partial charge < -0.3 is 10.6 Å². The Labute approximate surface area is 168 Å². The Balaban J connectivity index is 1.78. The maximum Gasteiger partial charge on any atom is 0.325 e. The maximum absolute atomic E-state index is 13.2. The molecule has 1 saturated heterocycles. The van der Waals surface area contributed by atoms with E-state index in [0.717, 1.165) is 18.2 Å². The summed E-state index contributed by atoms with van der Waals surface area (Å²) in [6.07, 6.45) is 0. The van der Waals surface area contributed by atoms with Crippen LogP contribution in [0.5, 0.6) is 0 Å². The van der Waals surface area contributed by atoms with Crippen molar-refractivity contribution in [3.8, 4) is 0 Å². The van der Waals surface area contributed by atoms with Gasteiger partial charge in [0.2, 0.25) is 5.91 Å². The standard InChI is InChI=1S/C18H13Cl2F2N3O3/c1-18(11-4-2-9(19)6-12(11)20)16(27)25(17(28)24-18)8-15(26)23-10-3-5-13(21)14(22)7-10/h2-7H,8H2,1H3,(H,23,26)(H,24,28)/t18-/m1/s1. The molecule has 10 heteroatoms. The van der Waals surface area contributed by atoms with Crippen molar-refractivity contribution in [2.24, 2.45) is 0 Å². The molecule has 0 aliphatic carbocycles. The van der Waals surface area contributed by atoms with Crippen LogP contribution in [-0.4, -0.2) is 29.3 Å². The first kappa shape index (κ1) is 20.0. The number of urea groups is 1. The molecule has 146 valence electrons. The summed E-state index contributed by atoms with van der Waals surface area (Å²) in [5, 5.41) is 5.35. The van der Waals surface area contributed by atoms with Crippen molar-refractivity contribution in [2.75, 3.05) is 11.9 Å². The molecule has 6 nitrogen and oxygen atoms in total. The van der Waals surface area contributed by atoms with Crippen LogP contribution in [0.1, 0.15) is 12.5 Å². The third-order valence-electron chi connectivity index (χ3n) is 4.25. The molecule has 0 unspecified atom stereocenters. The van der Waals surface area contributed by atoms with Gasteiger partial charge in [-0.3, -0.25) is 14.5 Å². The number of nitrogens with one attached hydrogen (secondary N) is 2. The van der Waals surface area contributed by atoms with Gasteiger partial charge in [-0.05, 0) is 31.2 Å². The van der Waals surface area contributed by atoms with E-state index >= 15 is 0 Å². The second-order valence-electron chi connectivity index (χ2n) is 6.25. The molecule has 28 heavy (non-hydrogen) atoms. The van der Waals surface area contributed by atoms with Gasteiger partial charge in [0.25, 0.3) is 5.91 Å². The van der Waals surface area contributed by atoms with Crippen LogP contribution in [0.25, 0.3) is 0 Å². The van der Waals surface area contributed by atoms with Crippen molar-refractivity contribution in [3.63, 3.8) is 0 Å². The zero-order chi connectivity index (χ0) is 20.6. The van der Waals surface area contributed by atoms with E-state index in [0.29, 0.717) is 15.5 Å². The van der Waals surface area contributed by atoms with Crippen molar-refractivity contribution in [2.45, 2.75) is 12.5 Å². The van der Waals surface area contributed by atoms with Crippen LogP contribution in [0.2, 0.25) is 10.0 Å². The average Bonchev–Trinajstić information content (AvgIpc) is 2.82. The van der Waals surface area contributed by atoms with E-state index in [1.54, 1.807) is 0 Å². The number of halogens is 4. The number of carbonyl (C=O) groups excluding carboxylic acids is 3. The highest BCUT2D eigenvalue weighted by atomic mass is 35.5. The molecule has 1 aliphatic heterocycles. The van der Waals surface area contributed by atoms with Gasteiger partial charge in [0.05, 0.1) is 0 Å². The monoisotopic (exact) mass is 427 g/mol. The molecule has 0 bridgehead atoms. The lowest BCUT2D eigenvalue weighted by Crippen LogP contribution is -2.42. The summed E-state index contributed by atoms with van der Waals surface area (Å²) in [7, 11) is 0. The Hall–Kier alpha value is -2.71. The van der Waals surface area contributed by atoms with Crippen LogP contribution >= 0.6 is 23.2 Å². The highest BCUT2D eigenvalue weighted by molar-refractivity contribution is 6.35. The van der Waals surface area contributed by atoms with Crippen molar-refractivity contribution in [1.82, 2.24) is 10.2 Å². The Morgan fingerprint density at radius 2 is 1.86 bits per heavy atom. The molecule has 2 aromatic carbocycles. The first-order chi connectivity index (χ1) is 13.1. The third kappa shape index (κ3) is 3.65. The molecule has 1 aliphatic rings. The van der Waals surface area contributed by atoms with E-state index in [9.17, 15) is 23.2 Å². The second-order valence-corrected chi connectivity index (χ2v) is 7.09. The number of nitrogens with zero attached hydrogens (tertiary/aromatic N) is 1. The molecule has 0 spiro atoms. The molecule has 4 amide bonds. The zero-order valence-corrected chi connectivity index (χ0v) is 15.9. The van der Waals surface area contributed by atoms with Gasteiger partial charge in [-0.1, -0.05) is 29.3 Å². The van der Waals surface area contributed by atoms with Gasteiger partial charge in [0, 0.05) is 27.4 Å². The summed E-state index contributed by atoms with van der Waals surface area (Å²) in [6, 6.07) is 6.45. The Kier molecular flexibility index (Phi) is 5.27. The number of hydrogen-bond acceptors (Lipinski definition) is 3. The number of carbonyl (C=O) groups is 3. The van der Waals surface area contributed by atoms with Crippen molar-refractivity contribution in [1.29, 1.82) is 0 Å². The van der Waals surface area contributed by atoms with E-state index in [4.69, 9.17) is 23.2 Å². The molecule has 0 aromatic heterocycles. The van der Waals surface area contributed by atoms with Gasteiger partial charge in [0.15, 0.2) is 11.6 Å². The van der Waals surface area contributed by atoms with Crippen LogP contribution in [0, 0.1) is 11.6 Å². The molecule has 1 atom stereocenters. The van der Waals surface area contributed by atoms with Crippen molar-refractivity contribution < 1.29 is 23.2 Å². The highest BCUT2D eigenvalue weighted by Gasteiger charge is 2.50. The average molecular weight is 428 g/mol. The lowest BCUT2D eigenvalue weighted by atomic mass is 9.92. The Morgan fingerprint density at radius 1 is 1.14 bits per heavy atom.